The van der Waals surface area contributed by atoms with E-state index in [-0.39, 0.29) is 30.3 Å². The predicted molar refractivity (Wildman–Crippen MR) is 101 cm³/mol. The number of pyridine rings is 1. The van der Waals surface area contributed by atoms with Crippen LogP contribution in [0.3, 0.4) is 0 Å². The van der Waals surface area contributed by atoms with Crippen molar-refractivity contribution in [3.8, 4) is 5.75 Å². The third-order valence-electron chi connectivity index (χ3n) is 4.65. The molecule has 0 radical (unpaired) electrons. The van der Waals surface area contributed by atoms with E-state index in [0.717, 1.165) is 12.1 Å². The van der Waals surface area contributed by atoms with Gasteiger partial charge in [0.15, 0.2) is 0 Å². The van der Waals surface area contributed by atoms with E-state index in [9.17, 15) is 17.6 Å². The number of hydrogen-bond acceptors (Lipinski definition) is 5. The maximum Gasteiger partial charge on any atom is 0.243 e. The van der Waals surface area contributed by atoms with E-state index >= 15 is 0 Å². The van der Waals surface area contributed by atoms with Crippen LogP contribution in [0, 0.1) is 5.82 Å². The molecule has 1 saturated heterocycles. The van der Waals surface area contributed by atoms with Crippen LogP contribution in [0.4, 0.5) is 4.39 Å². The molecule has 0 N–H and O–H groups in total. The van der Waals surface area contributed by atoms with Crippen LogP contribution in [0.2, 0.25) is 0 Å². The third-order valence-corrected chi connectivity index (χ3v) is 6.56. The predicted octanol–water partition coefficient (Wildman–Crippen LogP) is 1.70. The van der Waals surface area contributed by atoms with Crippen molar-refractivity contribution < 1.29 is 22.3 Å². The number of aromatic nitrogens is 1. The van der Waals surface area contributed by atoms with E-state index in [1.165, 1.54) is 23.5 Å². The summed E-state index contributed by atoms with van der Waals surface area (Å²) in [6.07, 6.45) is 2.21. The van der Waals surface area contributed by atoms with E-state index in [1.807, 2.05) is 0 Å². The molecule has 0 saturated carbocycles. The molecule has 1 aliphatic rings. The number of benzene rings is 1. The van der Waals surface area contributed by atoms with E-state index in [0.29, 0.717) is 31.0 Å². The minimum Gasteiger partial charge on any atom is -0.495 e. The summed E-state index contributed by atoms with van der Waals surface area (Å²) in [6.45, 7) is 1.24. The monoisotopic (exact) mass is 407 g/mol. The molecule has 0 aliphatic carbocycles. The lowest BCUT2D eigenvalue weighted by Crippen LogP contribution is -2.38. The van der Waals surface area contributed by atoms with Crippen LogP contribution in [0.5, 0.6) is 5.75 Å². The Morgan fingerprint density at radius 2 is 1.89 bits per heavy atom. The number of carbonyl (C=O) groups excluding carboxylic acids is 1. The fourth-order valence-corrected chi connectivity index (χ4v) is 4.61. The van der Waals surface area contributed by atoms with Gasteiger partial charge in [0.2, 0.25) is 15.9 Å². The van der Waals surface area contributed by atoms with Gasteiger partial charge in [0, 0.05) is 32.4 Å². The number of amides is 1. The number of ether oxygens (including phenoxy) is 1. The molecule has 28 heavy (non-hydrogen) atoms. The lowest BCUT2D eigenvalue weighted by atomic mass is 10.2. The summed E-state index contributed by atoms with van der Waals surface area (Å²) in [7, 11) is -2.20. The maximum atomic E-state index is 13.1. The van der Waals surface area contributed by atoms with Crippen LogP contribution in [0.25, 0.3) is 0 Å². The zero-order valence-electron chi connectivity index (χ0n) is 15.5. The second-order valence-electron chi connectivity index (χ2n) is 6.42. The fraction of sp³-hybridized carbons (Fsp3) is 0.368. The first-order valence-corrected chi connectivity index (χ1v) is 10.4. The lowest BCUT2D eigenvalue weighted by Gasteiger charge is -2.22. The quantitative estimate of drug-likeness (QED) is 0.754. The Morgan fingerprint density at radius 1 is 1.14 bits per heavy atom. The highest BCUT2D eigenvalue weighted by molar-refractivity contribution is 7.89. The van der Waals surface area contributed by atoms with Crippen LogP contribution in [0.15, 0.2) is 47.5 Å². The lowest BCUT2D eigenvalue weighted by molar-refractivity contribution is -0.130. The van der Waals surface area contributed by atoms with Crippen molar-refractivity contribution in [2.45, 2.75) is 17.7 Å². The first-order valence-electron chi connectivity index (χ1n) is 8.93. The van der Waals surface area contributed by atoms with Crippen molar-refractivity contribution in [2.75, 3.05) is 33.3 Å². The molecule has 1 amide bonds. The van der Waals surface area contributed by atoms with Crippen molar-refractivity contribution in [1.29, 1.82) is 0 Å². The molecule has 2 aromatic rings. The van der Waals surface area contributed by atoms with Gasteiger partial charge in [-0.05, 0) is 42.8 Å². The minimum atomic E-state index is -3.72. The molecule has 2 heterocycles. The van der Waals surface area contributed by atoms with Crippen LogP contribution in [-0.2, 0) is 21.2 Å². The molecule has 0 unspecified atom stereocenters. The number of nitrogens with zero attached hydrogens (tertiary/aromatic N) is 3. The smallest absolute Gasteiger partial charge is 0.243 e. The number of sulfonamides is 1. The topological polar surface area (TPSA) is 79.8 Å². The van der Waals surface area contributed by atoms with Gasteiger partial charge in [0.25, 0.3) is 0 Å². The molecule has 9 heteroatoms. The van der Waals surface area contributed by atoms with Crippen LogP contribution < -0.4 is 4.74 Å². The van der Waals surface area contributed by atoms with Crippen LogP contribution in [0.1, 0.15) is 12.1 Å². The summed E-state index contributed by atoms with van der Waals surface area (Å²) in [5, 5.41) is 0. The SMILES string of the molecule is COc1cccnc1CC(=O)N1CCCN(S(=O)(=O)c2ccc(F)cc2)CC1. The second kappa shape index (κ2) is 8.66. The largest absolute Gasteiger partial charge is 0.495 e. The number of hydrogen-bond donors (Lipinski definition) is 0. The van der Waals surface area contributed by atoms with Crippen LogP contribution in [-0.4, -0.2) is 61.8 Å². The average Bonchev–Trinajstić information content (AvgIpc) is 2.95. The van der Waals surface area contributed by atoms with E-state index in [1.54, 1.807) is 23.2 Å². The number of halogens is 1. The number of carbonyl (C=O) groups is 1. The van der Waals surface area contributed by atoms with Gasteiger partial charge in [-0.15, -0.1) is 0 Å². The molecule has 150 valence electrons. The molecule has 0 spiro atoms. The van der Waals surface area contributed by atoms with Gasteiger partial charge < -0.3 is 9.64 Å². The molecular formula is C19H22FN3O4S. The van der Waals surface area contributed by atoms with Gasteiger partial charge in [-0.3, -0.25) is 9.78 Å². The molecule has 0 atom stereocenters. The summed E-state index contributed by atoms with van der Waals surface area (Å²) in [6, 6.07) is 8.24. The van der Waals surface area contributed by atoms with E-state index < -0.39 is 15.8 Å². The van der Waals surface area contributed by atoms with Gasteiger partial charge in [-0.25, -0.2) is 12.8 Å². The molecule has 1 aromatic carbocycles. The summed E-state index contributed by atoms with van der Waals surface area (Å²) in [5.41, 5.74) is 0.551. The van der Waals surface area contributed by atoms with E-state index in [2.05, 4.69) is 4.98 Å². The Kier molecular flexibility index (Phi) is 6.25. The summed E-state index contributed by atoms with van der Waals surface area (Å²) in [5.74, 6) is -0.0687. The zero-order chi connectivity index (χ0) is 20.1. The van der Waals surface area contributed by atoms with Crippen LogP contribution >= 0.6 is 0 Å². The molecular weight excluding hydrogens is 385 g/mol. The van der Waals surface area contributed by atoms with Gasteiger partial charge in [-0.1, -0.05) is 0 Å². The Balaban J connectivity index is 1.67. The Hall–Kier alpha value is -2.52. The molecule has 0 bridgehead atoms. The Labute approximate surface area is 163 Å². The Morgan fingerprint density at radius 3 is 2.61 bits per heavy atom. The van der Waals surface area contributed by atoms with Gasteiger partial charge in [0.1, 0.15) is 11.6 Å². The number of rotatable bonds is 5. The molecule has 1 fully saturated rings. The van der Waals surface area contributed by atoms with Crippen molar-refractivity contribution in [2.24, 2.45) is 0 Å². The first-order chi connectivity index (χ1) is 13.4. The summed E-state index contributed by atoms with van der Waals surface area (Å²) in [4.78, 5) is 18.6. The minimum absolute atomic E-state index is 0.0481. The standard InChI is InChI=1S/C19H22FN3O4S/c1-27-18-4-2-9-21-17(18)14-19(24)22-10-3-11-23(13-12-22)28(25,26)16-7-5-15(20)6-8-16/h2,4-9H,3,10-14H2,1H3. The van der Waals surface area contributed by atoms with Gasteiger partial charge in [-0.2, -0.15) is 4.31 Å². The highest BCUT2D eigenvalue weighted by Gasteiger charge is 2.28. The van der Waals surface area contributed by atoms with Crippen molar-refractivity contribution >= 4 is 15.9 Å². The molecule has 7 nitrogen and oxygen atoms in total. The van der Waals surface area contributed by atoms with Crippen molar-refractivity contribution in [3.63, 3.8) is 0 Å². The molecule has 1 aliphatic heterocycles. The average molecular weight is 407 g/mol. The highest BCUT2D eigenvalue weighted by atomic mass is 32.2. The van der Waals surface area contributed by atoms with Gasteiger partial charge in [0.05, 0.1) is 24.1 Å². The summed E-state index contributed by atoms with van der Waals surface area (Å²) < 4.78 is 45.2. The van der Waals surface area contributed by atoms with Crippen molar-refractivity contribution in [3.05, 3.63) is 54.1 Å². The fourth-order valence-electron chi connectivity index (χ4n) is 3.14. The number of methoxy groups -OCH3 is 1. The zero-order valence-corrected chi connectivity index (χ0v) is 16.4. The normalized spacial score (nSPS) is 15.9. The molecule has 3 rings (SSSR count). The highest BCUT2D eigenvalue weighted by Crippen LogP contribution is 2.20. The van der Waals surface area contributed by atoms with Crippen molar-refractivity contribution in [1.82, 2.24) is 14.2 Å². The first kappa shape index (κ1) is 20.2. The summed E-state index contributed by atoms with van der Waals surface area (Å²) >= 11 is 0. The maximum absolute atomic E-state index is 13.1. The van der Waals surface area contributed by atoms with E-state index in [4.69, 9.17) is 4.74 Å². The second-order valence-corrected chi connectivity index (χ2v) is 8.36. The third kappa shape index (κ3) is 4.48. The Bertz CT molecular complexity index is 934. The van der Waals surface area contributed by atoms with Gasteiger partial charge >= 0.3 is 0 Å². The molecule has 1 aromatic heterocycles.